The van der Waals surface area contributed by atoms with Crippen LogP contribution in [0, 0.1) is 11.8 Å². The monoisotopic (exact) mass is 167 g/mol. The standard InChI is InChI=1S/C10H19N2/c1-12(2,3)11-10-7-8-4-5-9(10)6-8/h8-9H,4-7H2,1-3H3/q+1/b11-10+/t8-,9+/m0/s1. The Labute approximate surface area is 74.8 Å². The van der Waals surface area contributed by atoms with Crippen LogP contribution in [0.3, 0.4) is 0 Å². The van der Waals surface area contributed by atoms with Crippen molar-refractivity contribution in [1.29, 1.82) is 0 Å². The lowest BCUT2D eigenvalue weighted by atomic mass is 9.99. The molecule has 0 spiro atoms. The molecule has 68 valence electrons. The molecule has 2 fully saturated rings. The zero-order valence-electron chi connectivity index (χ0n) is 8.38. The molecular weight excluding hydrogens is 148 g/mol. The second-order valence-corrected chi connectivity index (χ2v) is 5.11. The fourth-order valence-electron chi connectivity index (χ4n) is 2.53. The Bertz CT molecular complexity index is 212. The van der Waals surface area contributed by atoms with Crippen LogP contribution < -0.4 is 0 Å². The van der Waals surface area contributed by atoms with E-state index in [2.05, 4.69) is 21.1 Å². The average molecular weight is 167 g/mol. The lowest BCUT2D eigenvalue weighted by Crippen LogP contribution is -2.30. The molecular formula is C10H19N2+. The van der Waals surface area contributed by atoms with Gasteiger partial charge in [-0.05, 0) is 31.6 Å². The van der Waals surface area contributed by atoms with E-state index in [0.29, 0.717) is 0 Å². The largest absolute Gasteiger partial charge is 0.205 e. The van der Waals surface area contributed by atoms with Crippen molar-refractivity contribution in [1.82, 2.24) is 0 Å². The van der Waals surface area contributed by atoms with Crippen molar-refractivity contribution in [3.63, 3.8) is 0 Å². The maximum Gasteiger partial charge on any atom is 0.0923 e. The first-order valence-corrected chi connectivity index (χ1v) is 4.95. The van der Waals surface area contributed by atoms with Gasteiger partial charge in [0.15, 0.2) is 0 Å². The van der Waals surface area contributed by atoms with Crippen molar-refractivity contribution in [2.45, 2.75) is 25.7 Å². The Morgan fingerprint density at radius 3 is 2.42 bits per heavy atom. The summed E-state index contributed by atoms with van der Waals surface area (Å²) in [5.41, 5.74) is 1.50. The molecule has 2 bridgehead atoms. The Morgan fingerprint density at radius 2 is 2.00 bits per heavy atom. The molecule has 2 heteroatoms. The third kappa shape index (κ3) is 1.53. The normalized spacial score (nSPS) is 38.1. The van der Waals surface area contributed by atoms with E-state index in [4.69, 9.17) is 5.10 Å². The summed E-state index contributed by atoms with van der Waals surface area (Å²) < 4.78 is 0.749. The van der Waals surface area contributed by atoms with Crippen LogP contribution in [-0.4, -0.2) is 31.4 Å². The summed E-state index contributed by atoms with van der Waals surface area (Å²) in [6.07, 6.45) is 5.59. The van der Waals surface area contributed by atoms with Gasteiger partial charge in [-0.15, -0.1) is 0 Å². The highest BCUT2D eigenvalue weighted by Gasteiger charge is 2.38. The maximum atomic E-state index is 4.75. The van der Waals surface area contributed by atoms with Gasteiger partial charge in [0.25, 0.3) is 0 Å². The van der Waals surface area contributed by atoms with E-state index in [1.165, 1.54) is 31.4 Å². The Morgan fingerprint density at radius 1 is 1.25 bits per heavy atom. The average Bonchev–Trinajstić information content (AvgIpc) is 2.42. The predicted octanol–water partition coefficient (Wildman–Crippen LogP) is 1.87. The summed E-state index contributed by atoms with van der Waals surface area (Å²) in [6, 6.07) is 0. The van der Waals surface area contributed by atoms with Gasteiger partial charge in [-0.2, -0.15) is 0 Å². The molecule has 2 saturated carbocycles. The highest BCUT2D eigenvalue weighted by Crippen LogP contribution is 2.42. The molecule has 0 unspecified atom stereocenters. The number of quaternary nitrogens is 1. The highest BCUT2D eigenvalue weighted by molar-refractivity contribution is 5.89. The molecule has 0 heterocycles. The first-order chi connectivity index (χ1) is 5.54. The topological polar surface area (TPSA) is 12.4 Å². The van der Waals surface area contributed by atoms with Gasteiger partial charge in [0, 0.05) is 5.92 Å². The summed E-state index contributed by atoms with van der Waals surface area (Å²) in [5, 5.41) is 4.75. The maximum absolute atomic E-state index is 4.75. The van der Waals surface area contributed by atoms with Gasteiger partial charge in [-0.25, -0.2) is 4.59 Å². The van der Waals surface area contributed by atoms with Crippen molar-refractivity contribution in [2.24, 2.45) is 16.9 Å². The minimum absolute atomic E-state index is 0.749. The van der Waals surface area contributed by atoms with E-state index in [1.807, 2.05) is 0 Å². The summed E-state index contributed by atoms with van der Waals surface area (Å²) in [4.78, 5) is 0. The Balaban J connectivity index is 2.12. The van der Waals surface area contributed by atoms with Crippen molar-refractivity contribution < 1.29 is 4.59 Å². The van der Waals surface area contributed by atoms with Crippen LogP contribution in [0.5, 0.6) is 0 Å². The minimum Gasteiger partial charge on any atom is -0.205 e. The van der Waals surface area contributed by atoms with Gasteiger partial charge in [0.1, 0.15) is 0 Å². The molecule has 2 aliphatic rings. The Kier molecular flexibility index (Phi) is 1.76. The molecule has 2 rings (SSSR count). The second kappa shape index (κ2) is 2.56. The van der Waals surface area contributed by atoms with Crippen molar-refractivity contribution >= 4 is 5.71 Å². The summed E-state index contributed by atoms with van der Waals surface area (Å²) >= 11 is 0. The quantitative estimate of drug-likeness (QED) is 0.417. The molecule has 2 aliphatic carbocycles. The molecule has 0 aromatic carbocycles. The zero-order valence-corrected chi connectivity index (χ0v) is 8.38. The smallest absolute Gasteiger partial charge is 0.0923 e. The number of hydrogen-bond donors (Lipinski definition) is 0. The van der Waals surface area contributed by atoms with Crippen LogP contribution in [0.15, 0.2) is 5.10 Å². The van der Waals surface area contributed by atoms with Gasteiger partial charge in [-0.1, -0.05) is 5.10 Å². The van der Waals surface area contributed by atoms with Crippen LogP contribution >= 0.6 is 0 Å². The summed E-state index contributed by atoms with van der Waals surface area (Å²) in [7, 11) is 6.41. The van der Waals surface area contributed by atoms with E-state index < -0.39 is 0 Å². The fraction of sp³-hybridized carbons (Fsp3) is 0.900. The molecule has 0 N–H and O–H groups in total. The number of nitrogens with zero attached hydrogens (tertiary/aromatic N) is 2. The molecule has 0 aromatic heterocycles. The van der Waals surface area contributed by atoms with Crippen molar-refractivity contribution in [3.05, 3.63) is 0 Å². The van der Waals surface area contributed by atoms with Gasteiger partial charge < -0.3 is 0 Å². The molecule has 0 amide bonds. The molecule has 12 heavy (non-hydrogen) atoms. The summed E-state index contributed by atoms with van der Waals surface area (Å²) in [6.45, 7) is 0. The van der Waals surface area contributed by atoms with Crippen molar-refractivity contribution in [3.8, 4) is 0 Å². The molecule has 0 aromatic rings. The number of fused-ring (bicyclic) bond motifs is 2. The third-order valence-electron chi connectivity index (χ3n) is 2.94. The van der Waals surface area contributed by atoms with Gasteiger partial charge >= 0.3 is 0 Å². The van der Waals surface area contributed by atoms with E-state index in [0.717, 1.165) is 16.4 Å². The molecule has 0 radical (unpaired) electrons. The molecule has 2 nitrogen and oxygen atoms in total. The zero-order chi connectivity index (χ0) is 8.77. The summed E-state index contributed by atoms with van der Waals surface area (Å²) in [5.74, 6) is 1.84. The lowest BCUT2D eigenvalue weighted by molar-refractivity contribution is -0.877. The SMILES string of the molecule is C[N+](C)(C)/N=C1\C[C@H]2CC[C@@H]1C2. The van der Waals surface area contributed by atoms with Crippen LogP contribution in [0.25, 0.3) is 0 Å². The van der Waals surface area contributed by atoms with Gasteiger partial charge in [0.2, 0.25) is 0 Å². The van der Waals surface area contributed by atoms with Crippen LogP contribution in [0.4, 0.5) is 0 Å². The van der Waals surface area contributed by atoms with Gasteiger partial charge in [-0.3, -0.25) is 0 Å². The van der Waals surface area contributed by atoms with E-state index in [-0.39, 0.29) is 0 Å². The minimum atomic E-state index is 0.749. The van der Waals surface area contributed by atoms with Crippen LogP contribution in [-0.2, 0) is 0 Å². The molecule has 0 saturated heterocycles. The van der Waals surface area contributed by atoms with Crippen molar-refractivity contribution in [2.75, 3.05) is 21.1 Å². The van der Waals surface area contributed by atoms with Crippen LogP contribution in [0.2, 0.25) is 0 Å². The number of hydrogen-bond acceptors (Lipinski definition) is 1. The van der Waals surface area contributed by atoms with E-state index >= 15 is 0 Å². The van der Waals surface area contributed by atoms with Crippen LogP contribution in [0.1, 0.15) is 25.7 Å². The Hall–Kier alpha value is -0.370. The third-order valence-corrected chi connectivity index (χ3v) is 2.94. The van der Waals surface area contributed by atoms with Gasteiger partial charge in [0.05, 0.1) is 26.9 Å². The number of rotatable bonds is 1. The predicted molar refractivity (Wildman–Crippen MR) is 50.9 cm³/mol. The first-order valence-electron chi connectivity index (χ1n) is 4.95. The molecule has 2 atom stereocenters. The second-order valence-electron chi connectivity index (χ2n) is 5.11. The van der Waals surface area contributed by atoms with E-state index in [9.17, 15) is 0 Å². The lowest BCUT2D eigenvalue weighted by Gasteiger charge is -2.19. The fourth-order valence-corrected chi connectivity index (χ4v) is 2.53. The molecule has 0 aliphatic heterocycles. The first kappa shape index (κ1) is 8.24. The highest BCUT2D eigenvalue weighted by atomic mass is 15.6. The van der Waals surface area contributed by atoms with E-state index in [1.54, 1.807) is 0 Å².